The lowest BCUT2D eigenvalue weighted by atomic mass is 9.78. The molecule has 5 aliphatic rings. The average molecular weight is 415 g/mol. The van der Waals surface area contributed by atoms with Crippen molar-refractivity contribution in [1.29, 1.82) is 0 Å². The number of hydrogen-bond acceptors (Lipinski definition) is 5. The number of nitrogens with zero attached hydrogens (tertiary/aromatic N) is 1. The molecule has 4 aliphatic heterocycles. The van der Waals surface area contributed by atoms with Crippen molar-refractivity contribution in [2.75, 3.05) is 26.4 Å². The van der Waals surface area contributed by atoms with Crippen LogP contribution in [0.3, 0.4) is 0 Å². The zero-order valence-electron chi connectivity index (χ0n) is 17.3. The number of benzene rings is 1. The number of cyclic esters (lactones) is 1. The summed E-state index contributed by atoms with van der Waals surface area (Å²) in [4.78, 5) is 27.2. The van der Waals surface area contributed by atoms with Gasteiger partial charge in [-0.3, -0.25) is 4.79 Å². The molecule has 1 aromatic rings. The first kappa shape index (κ1) is 19.7. The number of hydrogen-bond donors (Lipinski definition) is 1. The molecule has 7 nitrogen and oxygen atoms in total. The van der Waals surface area contributed by atoms with E-state index >= 15 is 0 Å². The van der Waals surface area contributed by atoms with Gasteiger partial charge in [0.2, 0.25) is 0 Å². The van der Waals surface area contributed by atoms with E-state index in [0.717, 1.165) is 44.3 Å². The van der Waals surface area contributed by atoms with Gasteiger partial charge in [0.25, 0.3) is 5.91 Å². The average Bonchev–Trinajstić information content (AvgIpc) is 2.78. The number of nitrogens with one attached hydrogen (secondary N) is 1. The van der Waals surface area contributed by atoms with Gasteiger partial charge in [-0.1, -0.05) is 18.2 Å². The van der Waals surface area contributed by atoms with Crippen molar-refractivity contribution in [2.45, 2.75) is 68.5 Å². The van der Waals surface area contributed by atoms with Crippen molar-refractivity contribution in [1.82, 2.24) is 10.2 Å². The van der Waals surface area contributed by atoms with E-state index in [9.17, 15) is 9.59 Å². The molecule has 2 atom stereocenters. The smallest absolute Gasteiger partial charge is 0.407 e. The maximum atomic E-state index is 13.2. The summed E-state index contributed by atoms with van der Waals surface area (Å²) in [5.74, 6) is 1.21. The Labute approximate surface area is 177 Å². The van der Waals surface area contributed by atoms with Crippen molar-refractivity contribution in [2.24, 2.45) is 0 Å². The van der Waals surface area contributed by atoms with E-state index in [0.29, 0.717) is 32.1 Å². The number of carbonyl (C=O) groups is 2. The van der Waals surface area contributed by atoms with Crippen LogP contribution in [0.15, 0.2) is 24.3 Å². The van der Waals surface area contributed by atoms with Crippen molar-refractivity contribution in [3.8, 4) is 5.75 Å². The van der Waals surface area contributed by atoms with Gasteiger partial charge in [0.15, 0.2) is 6.61 Å². The van der Waals surface area contributed by atoms with Crippen molar-refractivity contribution in [3.05, 3.63) is 29.8 Å². The molecule has 1 saturated carbocycles. The maximum Gasteiger partial charge on any atom is 0.407 e. The Balaban J connectivity index is 1.46. The lowest BCUT2D eigenvalue weighted by Gasteiger charge is -2.51. The van der Waals surface area contributed by atoms with Crippen LogP contribution in [0.4, 0.5) is 4.79 Å². The van der Waals surface area contributed by atoms with Crippen molar-refractivity contribution in [3.63, 3.8) is 0 Å². The van der Waals surface area contributed by atoms with Crippen LogP contribution >= 0.6 is 0 Å². The minimum Gasteiger partial charge on any atom is -0.483 e. The number of amides is 2. The summed E-state index contributed by atoms with van der Waals surface area (Å²) < 4.78 is 17.6. The van der Waals surface area contributed by atoms with Gasteiger partial charge in [-0.2, -0.15) is 0 Å². The molecule has 2 bridgehead atoms. The number of piperidine rings is 1. The summed E-state index contributed by atoms with van der Waals surface area (Å²) in [7, 11) is 0. The molecule has 3 fully saturated rings. The third-order valence-electron chi connectivity index (χ3n) is 7.36. The molecular weight excluding hydrogens is 384 g/mol. The number of carbonyl (C=O) groups excluding carboxylic acids is 2. The normalized spacial score (nSPS) is 34.4. The molecular formula is C23H30N2O5. The molecule has 0 radical (unpaired) electrons. The lowest BCUT2D eigenvalue weighted by molar-refractivity contribution is -0.145. The summed E-state index contributed by atoms with van der Waals surface area (Å²) in [5.41, 5.74) is 0.713. The van der Waals surface area contributed by atoms with Gasteiger partial charge in [-0.15, -0.1) is 0 Å². The molecule has 2 unspecified atom stereocenters. The zero-order chi connectivity index (χ0) is 20.6. The number of rotatable bonds is 0. The van der Waals surface area contributed by atoms with Gasteiger partial charge >= 0.3 is 6.09 Å². The van der Waals surface area contributed by atoms with Gasteiger partial charge in [0, 0.05) is 13.0 Å². The van der Waals surface area contributed by atoms with Crippen LogP contribution in [0, 0.1) is 0 Å². The quantitative estimate of drug-likeness (QED) is 0.706. The highest BCUT2D eigenvalue weighted by atomic mass is 16.6. The topological polar surface area (TPSA) is 77.1 Å². The maximum absolute atomic E-state index is 13.2. The molecule has 1 spiro atoms. The molecule has 30 heavy (non-hydrogen) atoms. The van der Waals surface area contributed by atoms with Crippen LogP contribution in [0.25, 0.3) is 0 Å². The monoisotopic (exact) mass is 414 g/mol. The summed E-state index contributed by atoms with van der Waals surface area (Å²) >= 11 is 0. The van der Waals surface area contributed by atoms with Crippen molar-refractivity contribution < 1.29 is 23.8 Å². The number of alkyl carbamates (subject to hydrolysis) is 1. The van der Waals surface area contributed by atoms with E-state index in [1.165, 1.54) is 5.56 Å². The van der Waals surface area contributed by atoms with Crippen LogP contribution < -0.4 is 10.1 Å². The predicted molar refractivity (Wildman–Crippen MR) is 109 cm³/mol. The zero-order valence-corrected chi connectivity index (χ0v) is 17.3. The molecule has 1 aliphatic carbocycles. The predicted octanol–water partition coefficient (Wildman–Crippen LogP) is 2.98. The second-order valence-electron chi connectivity index (χ2n) is 9.01. The first-order chi connectivity index (χ1) is 14.6. The summed E-state index contributed by atoms with van der Waals surface area (Å²) in [6.07, 6.45) is 6.27. The van der Waals surface area contributed by atoms with E-state index in [2.05, 4.69) is 11.4 Å². The fourth-order valence-corrected chi connectivity index (χ4v) is 5.74. The summed E-state index contributed by atoms with van der Waals surface area (Å²) in [6.45, 7) is 1.47. The molecule has 6 rings (SSSR count). The van der Waals surface area contributed by atoms with Crippen LogP contribution in [-0.2, 0) is 14.3 Å². The van der Waals surface area contributed by atoms with Crippen LogP contribution in [0.2, 0.25) is 0 Å². The number of para-hydroxylation sites is 1. The van der Waals surface area contributed by atoms with Crippen LogP contribution in [0.5, 0.6) is 5.75 Å². The standard InChI is InChI=1S/C23H30N2O5/c26-21-15-30-19-5-2-1-4-18(19)16-6-8-17(9-7-16)29-14-20-23(10-3-12-25(20)21)11-13-28-22(27)24-23/h1-2,4-5,16-17,20H,3,6-15H2,(H,24,27)/t16-,17+,20?,23?. The minimum absolute atomic E-state index is 0.00416. The fraction of sp³-hybridized carbons (Fsp3) is 0.652. The Morgan fingerprint density at radius 1 is 1.03 bits per heavy atom. The number of fused-ring (bicyclic) bond motifs is 5. The fourth-order valence-electron chi connectivity index (χ4n) is 5.74. The Hall–Kier alpha value is -2.28. The van der Waals surface area contributed by atoms with Crippen LogP contribution in [-0.4, -0.2) is 61.0 Å². The van der Waals surface area contributed by atoms with E-state index < -0.39 is 11.6 Å². The third-order valence-corrected chi connectivity index (χ3v) is 7.36. The van der Waals surface area contributed by atoms with Gasteiger partial charge in [0.1, 0.15) is 5.75 Å². The van der Waals surface area contributed by atoms with Gasteiger partial charge in [-0.05, 0) is 56.1 Å². The van der Waals surface area contributed by atoms with E-state index in [1.807, 2.05) is 23.1 Å². The van der Waals surface area contributed by atoms with E-state index in [1.54, 1.807) is 0 Å². The van der Waals surface area contributed by atoms with Gasteiger partial charge in [-0.25, -0.2) is 4.79 Å². The second kappa shape index (κ2) is 8.10. The molecule has 2 amide bonds. The first-order valence-electron chi connectivity index (χ1n) is 11.2. The highest BCUT2D eigenvalue weighted by molar-refractivity contribution is 5.79. The highest BCUT2D eigenvalue weighted by Crippen LogP contribution is 2.40. The van der Waals surface area contributed by atoms with Gasteiger partial charge < -0.3 is 24.4 Å². The largest absolute Gasteiger partial charge is 0.483 e. The molecule has 1 aromatic carbocycles. The molecule has 162 valence electrons. The lowest BCUT2D eigenvalue weighted by Crippen LogP contribution is -2.70. The van der Waals surface area contributed by atoms with E-state index in [4.69, 9.17) is 14.2 Å². The summed E-state index contributed by atoms with van der Waals surface area (Å²) in [5, 5.41) is 3.06. The molecule has 0 aromatic heterocycles. The molecule has 7 heteroatoms. The molecule has 4 heterocycles. The SMILES string of the molecule is O=C1NC2(CCCN3C(=O)COc4ccccc4[C@H]4CC[C@H](CC4)OCC32)CCO1. The Morgan fingerprint density at radius 3 is 2.70 bits per heavy atom. The van der Waals surface area contributed by atoms with Crippen molar-refractivity contribution >= 4 is 12.0 Å². The first-order valence-corrected chi connectivity index (χ1v) is 11.2. The highest BCUT2D eigenvalue weighted by Gasteiger charge is 2.49. The Morgan fingerprint density at radius 2 is 1.87 bits per heavy atom. The Kier molecular flexibility index (Phi) is 5.31. The Bertz CT molecular complexity index is 803. The van der Waals surface area contributed by atoms with E-state index in [-0.39, 0.29) is 24.7 Å². The van der Waals surface area contributed by atoms with Gasteiger partial charge in [0.05, 0.1) is 30.9 Å². The summed E-state index contributed by atoms with van der Waals surface area (Å²) in [6, 6.07) is 7.90. The third kappa shape index (κ3) is 3.64. The van der Waals surface area contributed by atoms with Crippen LogP contribution in [0.1, 0.15) is 56.4 Å². The molecule has 2 saturated heterocycles. The second-order valence-corrected chi connectivity index (χ2v) is 9.01. The molecule has 1 N–H and O–H groups in total. The minimum atomic E-state index is -0.488. The number of ether oxygens (including phenoxy) is 3.